The van der Waals surface area contributed by atoms with E-state index in [1.807, 2.05) is 6.07 Å². The van der Waals surface area contributed by atoms with Gasteiger partial charge in [0.05, 0.1) is 12.5 Å². The molecule has 0 bridgehead atoms. The smallest absolute Gasteiger partial charge is 0.228 e. The number of ketones is 1. The van der Waals surface area contributed by atoms with E-state index >= 15 is 0 Å². The van der Waals surface area contributed by atoms with E-state index in [1.54, 1.807) is 41.2 Å². The van der Waals surface area contributed by atoms with Gasteiger partial charge in [0.25, 0.3) is 0 Å². The molecule has 0 N–H and O–H groups in total. The number of aromatic nitrogens is 2. The molecule has 2 aromatic rings. The Hall–Kier alpha value is -2.12. The topological polar surface area (TPSA) is 58.7 Å². The van der Waals surface area contributed by atoms with Gasteiger partial charge in [0.15, 0.2) is 5.82 Å². The molecule has 2 rings (SSSR count). The van der Waals surface area contributed by atoms with Crippen molar-refractivity contribution in [3.05, 3.63) is 53.1 Å². The molecule has 0 fully saturated rings. The van der Waals surface area contributed by atoms with E-state index in [9.17, 15) is 4.79 Å². The largest absolute Gasteiger partial charge is 0.327 e. The molecule has 0 amide bonds. The fourth-order valence-corrected chi connectivity index (χ4v) is 1.82. The van der Waals surface area contributed by atoms with Crippen LogP contribution in [-0.2, 0) is 6.54 Å². The Morgan fingerprint density at radius 2 is 2.33 bits per heavy atom. The zero-order valence-electron chi connectivity index (χ0n) is 9.51. The average Bonchev–Trinajstić information content (AvgIpc) is 2.83. The number of rotatable bonds is 4. The molecule has 1 aromatic heterocycles. The molecule has 0 saturated heterocycles. The van der Waals surface area contributed by atoms with Gasteiger partial charge in [0.1, 0.15) is 0 Å². The standard InChI is InChI=1S/C13H10ClN3O/c14-11-4-1-3-10(9-11)12(18)13-16-6-8-17(13)7-2-5-15/h1,3-4,6,8-9H,2,7H2. The van der Waals surface area contributed by atoms with Crippen molar-refractivity contribution in [2.75, 3.05) is 0 Å². The Bertz CT molecular complexity index is 613. The molecular weight excluding hydrogens is 250 g/mol. The Morgan fingerprint density at radius 1 is 1.50 bits per heavy atom. The number of carbonyl (C=O) groups excluding carboxylic acids is 1. The van der Waals surface area contributed by atoms with E-state index in [2.05, 4.69) is 4.98 Å². The minimum Gasteiger partial charge on any atom is -0.327 e. The summed E-state index contributed by atoms with van der Waals surface area (Å²) in [7, 11) is 0. The second kappa shape index (κ2) is 5.48. The van der Waals surface area contributed by atoms with Crippen LogP contribution in [0.1, 0.15) is 22.6 Å². The number of nitrogens with zero attached hydrogens (tertiary/aromatic N) is 3. The van der Waals surface area contributed by atoms with Crippen LogP contribution in [-0.4, -0.2) is 15.3 Å². The molecular formula is C13H10ClN3O. The van der Waals surface area contributed by atoms with Crippen LogP contribution in [0.4, 0.5) is 0 Å². The van der Waals surface area contributed by atoms with Crippen molar-refractivity contribution in [3.63, 3.8) is 0 Å². The summed E-state index contributed by atoms with van der Waals surface area (Å²) >= 11 is 5.85. The van der Waals surface area contributed by atoms with Gasteiger partial charge in [-0.25, -0.2) is 4.98 Å². The number of nitriles is 1. The van der Waals surface area contributed by atoms with Crippen LogP contribution in [0.3, 0.4) is 0 Å². The number of carbonyl (C=O) groups is 1. The molecule has 0 spiro atoms. The molecule has 0 aliphatic carbocycles. The molecule has 0 atom stereocenters. The van der Waals surface area contributed by atoms with Gasteiger partial charge in [-0.3, -0.25) is 4.79 Å². The summed E-state index contributed by atoms with van der Waals surface area (Å²) in [5.74, 6) is 0.132. The zero-order valence-corrected chi connectivity index (χ0v) is 10.3. The maximum absolute atomic E-state index is 12.2. The van der Waals surface area contributed by atoms with Gasteiger partial charge < -0.3 is 4.57 Å². The summed E-state index contributed by atoms with van der Waals surface area (Å²) in [6.07, 6.45) is 3.58. The number of aryl methyl sites for hydroxylation is 1. The van der Waals surface area contributed by atoms with Gasteiger partial charge in [-0.15, -0.1) is 0 Å². The molecule has 1 aromatic carbocycles. The minimum absolute atomic E-state index is 0.194. The average molecular weight is 260 g/mol. The molecule has 0 saturated carbocycles. The third kappa shape index (κ3) is 2.58. The Morgan fingerprint density at radius 3 is 3.06 bits per heavy atom. The highest BCUT2D eigenvalue weighted by atomic mass is 35.5. The van der Waals surface area contributed by atoms with Crippen molar-refractivity contribution in [2.45, 2.75) is 13.0 Å². The fourth-order valence-electron chi connectivity index (χ4n) is 1.63. The SMILES string of the molecule is N#CCCn1ccnc1C(=O)c1cccc(Cl)c1. The molecule has 0 aliphatic heterocycles. The summed E-state index contributed by atoms with van der Waals surface area (Å²) < 4.78 is 1.67. The van der Waals surface area contributed by atoms with E-state index in [4.69, 9.17) is 16.9 Å². The highest BCUT2D eigenvalue weighted by Gasteiger charge is 2.15. The number of halogens is 1. The van der Waals surface area contributed by atoms with Crippen molar-refractivity contribution < 1.29 is 4.79 Å². The number of hydrogen-bond donors (Lipinski definition) is 0. The first-order chi connectivity index (χ1) is 8.72. The van der Waals surface area contributed by atoms with Gasteiger partial charge in [-0.2, -0.15) is 5.26 Å². The van der Waals surface area contributed by atoms with Crippen molar-refractivity contribution >= 4 is 17.4 Å². The quantitative estimate of drug-likeness (QED) is 0.793. The van der Waals surface area contributed by atoms with Crippen LogP contribution >= 0.6 is 11.6 Å². The van der Waals surface area contributed by atoms with E-state index < -0.39 is 0 Å². The summed E-state index contributed by atoms with van der Waals surface area (Å²) in [6.45, 7) is 0.456. The Kier molecular flexibility index (Phi) is 3.75. The molecule has 90 valence electrons. The van der Waals surface area contributed by atoms with Crippen LogP contribution in [0.25, 0.3) is 0 Å². The number of hydrogen-bond acceptors (Lipinski definition) is 3. The predicted octanol–water partition coefficient (Wildman–Crippen LogP) is 2.68. The third-order valence-electron chi connectivity index (χ3n) is 2.47. The van der Waals surface area contributed by atoms with Crippen LogP contribution in [0, 0.1) is 11.3 Å². The van der Waals surface area contributed by atoms with Crippen LogP contribution in [0.5, 0.6) is 0 Å². The zero-order chi connectivity index (χ0) is 13.0. The molecule has 5 heteroatoms. The first-order valence-corrected chi connectivity index (χ1v) is 5.78. The monoisotopic (exact) mass is 259 g/mol. The third-order valence-corrected chi connectivity index (χ3v) is 2.70. The van der Waals surface area contributed by atoms with Crippen molar-refractivity contribution in [2.24, 2.45) is 0 Å². The van der Waals surface area contributed by atoms with E-state index in [-0.39, 0.29) is 5.78 Å². The molecule has 0 unspecified atom stereocenters. The lowest BCUT2D eigenvalue weighted by Crippen LogP contribution is -2.11. The summed E-state index contributed by atoms with van der Waals surface area (Å²) in [6, 6.07) is 8.77. The summed E-state index contributed by atoms with van der Waals surface area (Å²) in [4.78, 5) is 16.3. The van der Waals surface area contributed by atoms with E-state index in [1.165, 1.54) is 0 Å². The second-order valence-electron chi connectivity index (χ2n) is 3.69. The molecule has 1 heterocycles. The van der Waals surface area contributed by atoms with Crippen LogP contribution in [0.15, 0.2) is 36.7 Å². The molecule has 4 nitrogen and oxygen atoms in total. The van der Waals surface area contributed by atoms with Crippen LogP contribution < -0.4 is 0 Å². The van der Waals surface area contributed by atoms with Crippen molar-refractivity contribution in [1.82, 2.24) is 9.55 Å². The van der Waals surface area contributed by atoms with Gasteiger partial charge in [0.2, 0.25) is 5.78 Å². The second-order valence-corrected chi connectivity index (χ2v) is 4.13. The summed E-state index contributed by atoms with van der Waals surface area (Å²) in [5, 5.41) is 9.07. The first kappa shape index (κ1) is 12.3. The number of benzene rings is 1. The lowest BCUT2D eigenvalue weighted by atomic mass is 10.1. The van der Waals surface area contributed by atoms with Gasteiger partial charge in [0, 0.05) is 29.5 Å². The highest BCUT2D eigenvalue weighted by molar-refractivity contribution is 6.31. The first-order valence-electron chi connectivity index (χ1n) is 5.40. The normalized spacial score (nSPS) is 10.0. The van der Waals surface area contributed by atoms with Crippen molar-refractivity contribution in [1.29, 1.82) is 5.26 Å². The highest BCUT2D eigenvalue weighted by Crippen LogP contribution is 2.14. The molecule has 18 heavy (non-hydrogen) atoms. The van der Waals surface area contributed by atoms with Gasteiger partial charge >= 0.3 is 0 Å². The lowest BCUT2D eigenvalue weighted by Gasteiger charge is -2.04. The minimum atomic E-state index is -0.194. The van der Waals surface area contributed by atoms with Gasteiger partial charge in [-0.1, -0.05) is 23.7 Å². The molecule has 0 aliphatic rings. The fraction of sp³-hybridized carbons (Fsp3) is 0.154. The maximum atomic E-state index is 12.2. The van der Waals surface area contributed by atoms with Crippen molar-refractivity contribution in [3.8, 4) is 6.07 Å². The van der Waals surface area contributed by atoms with E-state index in [0.717, 1.165) is 0 Å². The lowest BCUT2D eigenvalue weighted by molar-refractivity contribution is 0.102. The predicted molar refractivity (Wildman–Crippen MR) is 67.3 cm³/mol. The molecule has 0 radical (unpaired) electrons. The van der Waals surface area contributed by atoms with Crippen LogP contribution in [0.2, 0.25) is 5.02 Å². The number of imidazole rings is 1. The summed E-state index contributed by atoms with van der Waals surface area (Å²) in [5.41, 5.74) is 0.493. The van der Waals surface area contributed by atoms with Gasteiger partial charge in [-0.05, 0) is 12.1 Å². The maximum Gasteiger partial charge on any atom is 0.228 e. The van der Waals surface area contributed by atoms with E-state index in [0.29, 0.717) is 29.4 Å². The Balaban J connectivity index is 2.29. The Labute approximate surface area is 109 Å².